The van der Waals surface area contributed by atoms with Gasteiger partial charge in [0.2, 0.25) is 0 Å². The second kappa shape index (κ2) is 8.87. The maximum Gasteiger partial charge on any atom is 0.329 e. The highest BCUT2D eigenvalue weighted by atomic mass is 16.5. The third-order valence-electron chi connectivity index (χ3n) is 4.79. The molecule has 1 saturated carbocycles. The molecule has 1 heterocycles. The van der Waals surface area contributed by atoms with Crippen LogP contribution >= 0.6 is 0 Å². The fourth-order valence-electron chi connectivity index (χ4n) is 3.23. The summed E-state index contributed by atoms with van der Waals surface area (Å²) in [6, 6.07) is 12.7. The van der Waals surface area contributed by atoms with Gasteiger partial charge in [-0.1, -0.05) is 30.3 Å². The van der Waals surface area contributed by atoms with Gasteiger partial charge in [-0.05, 0) is 37.5 Å². The number of anilines is 1. The Balaban J connectivity index is 1.93. The van der Waals surface area contributed by atoms with Crippen LogP contribution in [0.3, 0.4) is 0 Å². The largest absolute Gasteiger partial charge is 0.464 e. The van der Waals surface area contributed by atoms with E-state index in [4.69, 9.17) is 4.74 Å². The molecular formula is C22H27N3O3. The second-order valence-corrected chi connectivity index (χ2v) is 7.20. The number of ether oxygens (including phenoxy) is 1. The van der Waals surface area contributed by atoms with Crippen LogP contribution in [0.25, 0.3) is 0 Å². The van der Waals surface area contributed by atoms with Crippen LogP contribution in [0.15, 0.2) is 48.7 Å². The molecule has 28 heavy (non-hydrogen) atoms. The molecule has 1 aromatic heterocycles. The summed E-state index contributed by atoms with van der Waals surface area (Å²) in [5.41, 5.74) is 1.54. The van der Waals surface area contributed by atoms with Gasteiger partial charge in [-0.3, -0.25) is 4.79 Å². The quantitative estimate of drug-likeness (QED) is 0.658. The first-order chi connectivity index (χ1) is 13.5. The number of hydrogen-bond donors (Lipinski definition) is 0. The van der Waals surface area contributed by atoms with Crippen molar-refractivity contribution >= 4 is 17.7 Å². The van der Waals surface area contributed by atoms with Gasteiger partial charge in [0, 0.05) is 38.3 Å². The lowest BCUT2D eigenvalue weighted by atomic mass is 10.0. The summed E-state index contributed by atoms with van der Waals surface area (Å²) in [4.78, 5) is 34.1. The maximum absolute atomic E-state index is 13.4. The van der Waals surface area contributed by atoms with Gasteiger partial charge in [0.1, 0.15) is 11.9 Å². The van der Waals surface area contributed by atoms with Crippen LogP contribution in [0, 0.1) is 0 Å². The van der Waals surface area contributed by atoms with E-state index in [2.05, 4.69) is 4.98 Å². The van der Waals surface area contributed by atoms with Gasteiger partial charge in [0.25, 0.3) is 5.91 Å². The van der Waals surface area contributed by atoms with Gasteiger partial charge in [-0.15, -0.1) is 0 Å². The van der Waals surface area contributed by atoms with Crippen molar-refractivity contribution in [3.8, 4) is 0 Å². The van der Waals surface area contributed by atoms with Crippen molar-refractivity contribution in [2.24, 2.45) is 0 Å². The van der Waals surface area contributed by atoms with Gasteiger partial charge in [-0.25, -0.2) is 9.78 Å². The Bertz CT molecular complexity index is 819. The third-order valence-corrected chi connectivity index (χ3v) is 4.79. The monoisotopic (exact) mass is 381 g/mol. The number of pyridine rings is 1. The van der Waals surface area contributed by atoms with Crippen LogP contribution in [0.2, 0.25) is 0 Å². The van der Waals surface area contributed by atoms with Gasteiger partial charge >= 0.3 is 5.97 Å². The van der Waals surface area contributed by atoms with Gasteiger partial charge in [0.05, 0.1) is 6.61 Å². The smallest absolute Gasteiger partial charge is 0.329 e. The van der Waals surface area contributed by atoms with E-state index >= 15 is 0 Å². The molecule has 1 aromatic carbocycles. The van der Waals surface area contributed by atoms with Crippen LogP contribution in [0.5, 0.6) is 0 Å². The number of nitrogens with zero attached hydrogens (tertiary/aromatic N) is 3. The topological polar surface area (TPSA) is 62.7 Å². The van der Waals surface area contributed by atoms with Gasteiger partial charge in [-0.2, -0.15) is 0 Å². The molecule has 3 rings (SSSR count). The zero-order valence-corrected chi connectivity index (χ0v) is 16.7. The summed E-state index contributed by atoms with van der Waals surface area (Å²) in [6.07, 6.45) is 3.88. The SMILES string of the molecule is CCOC(=O)C(Cc1ccccc1)N(C(=O)c1ccnc(N(C)C)c1)C1CC1. The standard InChI is InChI=1S/C22H27N3O3/c1-4-28-22(27)19(14-16-8-6-5-7-9-16)25(18-10-11-18)21(26)17-12-13-23-20(15-17)24(2)3/h5-9,12-13,15,18-19H,4,10-11,14H2,1-3H3. The average molecular weight is 381 g/mol. The molecule has 0 radical (unpaired) electrons. The minimum Gasteiger partial charge on any atom is -0.464 e. The van der Waals surface area contributed by atoms with Crippen molar-refractivity contribution in [1.29, 1.82) is 0 Å². The number of carbonyl (C=O) groups excluding carboxylic acids is 2. The summed E-state index contributed by atoms with van der Waals surface area (Å²) in [5.74, 6) is 0.202. The molecule has 0 saturated heterocycles. The average Bonchev–Trinajstić information content (AvgIpc) is 3.53. The molecule has 0 bridgehead atoms. The molecular weight excluding hydrogens is 354 g/mol. The Morgan fingerprint density at radius 1 is 1.18 bits per heavy atom. The highest BCUT2D eigenvalue weighted by Gasteiger charge is 2.41. The van der Waals surface area contributed by atoms with E-state index in [0.717, 1.165) is 18.4 Å². The predicted molar refractivity (Wildman–Crippen MR) is 108 cm³/mol. The molecule has 0 aliphatic heterocycles. The van der Waals surface area contributed by atoms with Crippen molar-refractivity contribution in [2.45, 2.75) is 38.3 Å². The minimum atomic E-state index is -0.640. The number of aromatic nitrogens is 1. The molecule has 0 N–H and O–H groups in total. The lowest BCUT2D eigenvalue weighted by molar-refractivity contribution is -0.148. The van der Waals surface area contributed by atoms with Crippen LogP contribution in [-0.2, 0) is 16.0 Å². The fourth-order valence-corrected chi connectivity index (χ4v) is 3.23. The van der Waals surface area contributed by atoms with E-state index in [1.807, 2.05) is 49.3 Å². The highest BCUT2D eigenvalue weighted by molar-refractivity contribution is 5.97. The number of hydrogen-bond acceptors (Lipinski definition) is 5. The Labute approximate surface area is 166 Å². The minimum absolute atomic E-state index is 0.0709. The van der Waals surface area contributed by atoms with Crippen LogP contribution in [0.1, 0.15) is 35.7 Å². The number of esters is 1. The molecule has 2 aromatic rings. The normalized spacial score (nSPS) is 14.2. The molecule has 6 nitrogen and oxygen atoms in total. The first kappa shape index (κ1) is 19.9. The zero-order chi connectivity index (χ0) is 20.1. The van der Waals surface area contributed by atoms with Gasteiger partial charge < -0.3 is 14.5 Å². The first-order valence-corrected chi connectivity index (χ1v) is 9.68. The second-order valence-electron chi connectivity index (χ2n) is 7.20. The highest BCUT2D eigenvalue weighted by Crippen LogP contribution is 2.32. The molecule has 6 heteroatoms. The fraction of sp³-hybridized carbons (Fsp3) is 0.409. The van der Waals surface area contributed by atoms with Crippen molar-refractivity contribution < 1.29 is 14.3 Å². The van der Waals surface area contributed by atoms with Crippen molar-refractivity contribution in [1.82, 2.24) is 9.88 Å². The zero-order valence-electron chi connectivity index (χ0n) is 16.7. The lowest BCUT2D eigenvalue weighted by Crippen LogP contribution is -2.48. The lowest BCUT2D eigenvalue weighted by Gasteiger charge is -2.31. The van der Waals surface area contributed by atoms with E-state index in [-0.39, 0.29) is 24.5 Å². The van der Waals surface area contributed by atoms with Crippen molar-refractivity contribution in [2.75, 3.05) is 25.6 Å². The van der Waals surface area contributed by atoms with E-state index < -0.39 is 6.04 Å². The van der Waals surface area contributed by atoms with Crippen molar-refractivity contribution in [3.63, 3.8) is 0 Å². The Kier molecular flexibility index (Phi) is 6.29. The number of amides is 1. The molecule has 0 spiro atoms. The Hall–Kier alpha value is -2.89. The summed E-state index contributed by atoms with van der Waals surface area (Å²) < 4.78 is 5.33. The summed E-state index contributed by atoms with van der Waals surface area (Å²) in [5, 5.41) is 0. The molecule has 1 atom stereocenters. The van der Waals surface area contributed by atoms with E-state index in [1.165, 1.54) is 0 Å². The van der Waals surface area contributed by atoms with E-state index in [1.54, 1.807) is 30.2 Å². The molecule has 1 aliphatic carbocycles. The Morgan fingerprint density at radius 2 is 1.89 bits per heavy atom. The summed E-state index contributed by atoms with van der Waals surface area (Å²) in [6.45, 7) is 2.07. The van der Waals surface area contributed by atoms with E-state index in [0.29, 0.717) is 17.8 Å². The van der Waals surface area contributed by atoms with Crippen LogP contribution < -0.4 is 4.90 Å². The van der Waals surface area contributed by atoms with E-state index in [9.17, 15) is 9.59 Å². The molecule has 1 fully saturated rings. The molecule has 1 amide bonds. The Morgan fingerprint density at radius 3 is 2.50 bits per heavy atom. The number of rotatable bonds is 8. The molecule has 1 unspecified atom stereocenters. The van der Waals surface area contributed by atoms with Crippen molar-refractivity contribution in [3.05, 3.63) is 59.8 Å². The van der Waals surface area contributed by atoms with Crippen LogP contribution in [-0.4, -0.2) is 54.5 Å². The summed E-state index contributed by atoms with van der Waals surface area (Å²) >= 11 is 0. The molecule has 148 valence electrons. The maximum atomic E-state index is 13.4. The summed E-state index contributed by atoms with van der Waals surface area (Å²) in [7, 11) is 3.76. The first-order valence-electron chi connectivity index (χ1n) is 9.68. The predicted octanol–water partition coefficient (Wildman–Crippen LogP) is 2.93. The van der Waals surface area contributed by atoms with Gasteiger partial charge in [0.15, 0.2) is 0 Å². The number of carbonyl (C=O) groups is 2. The van der Waals surface area contributed by atoms with Crippen LogP contribution in [0.4, 0.5) is 5.82 Å². The third kappa shape index (κ3) is 4.68. The molecule has 1 aliphatic rings. The number of benzene rings is 1.